The number of hydrogen-bond acceptors (Lipinski definition) is 2. The normalized spacial score (nSPS) is 16.8. The molecule has 1 aliphatic rings. The van der Waals surface area contributed by atoms with E-state index in [9.17, 15) is 4.79 Å². The fourth-order valence-electron chi connectivity index (χ4n) is 3.24. The second-order valence-corrected chi connectivity index (χ2v) is 6.69. The van der Waals surface area contributed by atoms with Crippen molar-refractivity contribution in [3.8, 4) is 0 Å². The minimum atomic E-state index is -0.351. The number of carbonyl (C=O) groups excluding carboxylic acids is 1. The maximum Gasteiger partial charge on any atom is 0.244 e. The van der Waals surface area contributed by atoms with Gasteiger partial charge in [0.05, 0.1) is 0 Å². The van der Waals surface area contributed by atoms with E-state index in [2.05, 4.69) is 12.2 Å². The van der Waals surface area contributed by atoms with Crippen LogP contribution in [0.1, 0.15) is 43.0 Å². The van der Waals surface area contributed by atoms with Gasteiger partial charge < -0.3 is 4.90 Å². The van der Waals surface area contributed by atoms with Crippen LogP contribution in [0.5, 0.6) is 0 Å². The van der Waals surface area contributed by atoms with Crippen LogP contribution in [-0.4, -0.2) is 23.9 Å². The van der Waals surface area contributed by atoms with Crippen LogP contribution >= 0.6 is 11.6 Å². The molecule has 3 rings (SSSR count). The van der Waals surface area contributed by atoms with E-state index < -0.39 is 0 Å². The number of nitrogens with zero attached hydrogens (tertiary/aromatic N) is 1. The Hall–Kier alpha value is -1.84. The van der Waals surface area contributed by atoms with E-state index in [-0.39, 0.29) is 18.0 Å². The number of amides is 1. The van der Waals surface area contributed by atoms with E-state index >= 15 is 0 Å². The largest absolute Gasteiger partial charge is 0.341 e. The van der Waals surface area contributed by atoms with Gasteiger partial charge in [0.2, 0.25) is 5.91 Å². The number of benzene rings is 2. The van der Waals surface area contributed by atoms with Gasteiger partial charge >= 0.3 is 0 Å². The molecule has 2 atom stereocenters. The molecular weight excluding hydrogens is 320 g/mol. The summed E-state index contributed by atoms with van der Waals surface area (Å²) in [5.41, 5.74) is 2.00. The molecule has 126 valence electrons. The van der Waals surface area contributed by atoms with E-state index in [1.54, 1.807) is 0 Å². The highest BCUT2D eigenvalue weighted by molar-refractivity contribution is 6.31. The summed E-state index contributed by atoms with van der Waals surface area (Å²) in [5, 5.41) is 4.21. The minimum absolute atomic E-state index is 0.0181. The van der Waals surface area contributed by atoms with Gasteiger partial charge in [-0.15, -0.1) is 0 Å². The van der Waals surface area contributed by atoms with Crippen LogP contribution in [0.25, 0.3) is 0 Å². The number of likely N-dealkylation sites (tertiary alicyclic amines) is 1. The monoisotopic (exact) mass is 342 g/mol. The predicted octanol–water partition coefficient (Wildman–Crippen LogP) is 4.35. The Balaban J connectivity index is 1.84. The summed E-state index contributed by atoms with van der Waals surface area (Å²) >= 11 is 6.32. The quantitative estimate of drug-likeness (QED) is 0.875. The molecule has 0 saturated carbocycles. The third-order valence-electron chi connectivity index (χ3n) is 4.59. The van der Waals surface area contributed by atoms with Gasteiger partial charge in [0.15, 0.2) is 0 Å². The summed E-state index contributed by atoms with van der Waals surface area (Å²) in [6.07, 6.45) is 2.18. The molecule has 3 nitrogen and oxygen atoms in total. The molecule has 2 aromatic rings. The fraction of sp³-hybridized carbons (Fsp3) is 0.350. The molecule has 0 bridgehead atoms. The number of rotatable bonds is 5. The van der Waals surface area contributed by atoms with Crippen molar-refractivity contribution in [3.63, 3.8) is 0 Å². The summed E-state index contributed by atoms with van der Waals surface area (Å²) in [7, 11) is 0. The Morgan fingerprint density at radius 2 is 1.67 bits per heavy atom. The first-order chi connectivity index (χ1) is 11.7. The first kappa shape index (κ1) is 17.0. The molecule has 0 radical (unpaired) electrons. The Morgan fingerprint density at radius 1 is 1.04 bits per heavy atom. The van der Waals surface area contributed by atoms with Crippen molar-refractivity contribution in [2.24, 2.45) is 0 Å². The molecule has 4 heteroatoms. The smallest absolute Gasteiger partial charge is 0.244 e. The fourth-order valence-corrected chi connectivity index (χ4v) is 3.54. The van der Waals surface area contributed by atoms with Crippen LogP contribution in [0.15, 0.2) is 54.6 Å². The van der Waals surface area contributed by atoms with Gasteiger partial charge in [-0.3, -0.25) is 10.1 Å². The van der Waals surface area contributed by atoms with Crippen LogP contribution in [0.4, 0.5) is 0 Å². The van der Waals surface area contributed by atoms with Crippen molar-refractivity contribution in [2.45, 2.75) is 31.8 Å². The van der Waals surface area contributed by atoms with E-state index in [4.69, 9.17) is 11.6 Å². The Kier molecular flexibility index (Phi) is 5.54. The summed E-state index contributed by atoms with van der Waals surface area (Å²) in [6.45, 7) is 3.75. The van der Waals surface area contributed by atoms with Crippen molar-refractivity contribution in [2.75, 3.05) is 13.1 Å². The van der Waals surface area contributed by atoms with E-state index in [0.717, 1.165) is 42.1 Å². The van der Waals surface area contributed by atoms with E-state index in [1.807, 2.05) is 59.5 Å². The van der Waals surface area contributed by atoms with Crippen LogP contribution in [0.2, 0.25) is 5.02 Å². The highest BCUT2D eigenvalue weighted by atomic mass is 35.5. The molecule has 2 aromatic carbocycles. The second-order valence-electron chi connectivity index (χ2n) is 6.29. The average molecular weight is 343 g/mol. The number of nitrogens with one attached hydrogen (secondary N) is 1. The van der Waals surface area contributed by atoms with Crippen LogP contribution in [-0.2, 0) is 4.79 Å². The lowest BCUT2D eigenvalue weighted by atomic mass is 10.0. The topological polar surface area (TPSA) is 32.3 Å². The van der Waals surface area contributed by atoms with E-state index in [0.29, 0.717) is 0 Å². The zero-order valence-electron chi connectivity index (χ0n) is 13.9. The van der Waals surface area contributed by atoms with Gasteiger partial charge in [0.25, 0.3) is 0 Å². The second kappa shape index (κ2) is 7.82. The van der Waals surface area contributed by atoms with Crippen molar-refractivity contribution in [1.82, 2.24) is 10.2 Å². The molecule has 1 saturated heterocycles. The molecule has 1 aliphatic heterocycles. The lowest BCUT2D eigenvalue weighted by Gasteiger charge is -2.27. The molecule has 1 N–H and O–H groups in total. The van der Waals surface area contributed by atoms with Crippen molar-refractivity contribution in [1.29, 1.82) is 0 Å². The number of halogens is 1. The molecule has 1 heterocycles. The maximum absolute atomic E-state index is 13.0. The summed E-state index contributed by atoms with van der Waals surface area (Å²) < 4.78 is 0. The Labute approximate surface area is 148 Å². The molecule has 1 amide bonds. The Bertz CT molecular complexity index is 683. The minimum Gasteiger partial charge on any atom is -0.341 e. The van der Waals surface area contributed by atoms with Crippen molar-refractivity contribution < 1.29 is 4.79 Å². The molecular formula is C20H23ClN2O. The summed E-state index contributed by atoms with van der Waals surface area (Å²) in [6, 6.07) is 17.3. The lowest BCUT2D eigenvalue weighted by Crippen LogP contribution is -2.40. The first-order valence-electron chi connectivity index (χ1n) is 8.51. The van der Waals surface area contributed by atoms with Crippen LogP contribution in [0.3, 0.4) is 0 Å². The first-order valence-corrected chi connectivity index (χ1v) is 8.89. The van der Waals surface area contributed by atoms with Gasteiger partial charge in [-0.25, -0.2) is 0 Å². The standard InChI is InChI=1S/C20H23ClN2O/c1-15(17-11-5-6-12-18(17)21)22-19(16-9-3-2-4-10-16)20(24)23-13-7-8-14-23/h2-6,9-12,15,19,22H,7-8,13-14H2,1H3. The van der Waals surface area contributed by atoms with Gasteiger partial charge in [-0.05, 0) is 37.0 Å². The molecule has 24 heavy (non-hydrogen) atoms. The molecule has 0 spiro atoms. The Morgan fingerprint density at radius 3 is 2.33 bits per heavy atom. The molecule has 0 aromatic heterocycles. The molecule has 1 fully saturated rings. The highest BCUT2D eigenvalue weighted by Crippen LogP contribution is 2.27. The lowest BCUT2D eigenvalue weighted by molar-refractivity contribution is -0.132. The van der Waals surface area contributed by atoms with Crippen LogP contribution in [0, 0.1) is 0 Å². The third-order valence-corrected chi connectivity index (χ3v) is 4.93. The molecule has 2 unspecified atom stereocenters. The van der Waals surface area contributed by atoms with Gasteiger partial charge in [-0.1, -0.05) is 60.1 Å². The summed E-state index contributed by atoms with van der Waals surface area (Å²) in [4.78, 5) is 15.0. The van der Waals surface area contributed by atoms with Crippen molar-refractivity contribution in [3.05, 3.63) is 70.7 Å². The van der Waals surface area contributed by atoms with Gasteiger partial charge in [0.1, 0.15) is 6.04 Å². The highest BCUT2D eigenvalue weighted by Gasteiger charge is 2.29. The zero-order valence-corrected chi connectivity index (χ0v) is 14.7. The number of carbonyl (C=O) groups is 1. The maximum atomic E-state index is 13.0. The van der Waals surface area contributed by atoms with Gasteiger partial charge in [0, 0.05) is 24.2 Å². The zero-order chi connectivity index (χ0) is 16.9. The summed E-state index contributed by atoms with van der Waals surface area (Å²) in [5.74, 6) is 0.151. The SMILES string of the molecule is CC(NC(C(=O)N1CCCC1)c1ccccc1)c1ccccc1Cl. The average Bonchev–Trinajstić information content (AvgIpc) is 3.15. The molecule has 0 aliphatic carbocycles. The predicted molar refractivity (Wildman–Crippen MR) is 98.0 cm³/mol. The van der Waals surface area contributed by atoms with Crippen LogP contribution < -0.4 is 5.32 Å². The third kappa shape index (κ3) is 3.80. The van der Waals surface area contributed by atoms with Gasteiger partial charge in [-0.2, -0.15) is 0 Å². The number of hydrogen-bond donors (Lipinski definition) is 1. The van der Waals surface area contributed by atoms with Crippen molar-refractivity contribution >= 4 is 17.5 Å². The van der Waals surface area contributed by atoms with E-state index in [1.165, 1.54) is 0 Å².